The summed E-state index contributed by atoms with van der Waals surface area (Å²) in [7, 11) is -0.735. The summed E-state index contributed by atoms with van der Waals surface area (Å²) in [4.78, 5) is 12.2. The molecule has 0 radical (unpaired) electrons. The molecule has 0 aromatic rings. The average Bonchev–Trinajstić information content (AvgIpc) is 2.93. The normalized spacial score (nSPS) is 34.4. The molecule has 21 heavy (non-hydrogen) atoms. The molecule has 0 bridgehead atoms. The van der Waals surface area contributed by atoms with E-state index in [4.69, 9.17) is 0 Å². The zero-order valence-corrected chi connectivity index (χ0v) is 14.7. The second-order valence-corrected chi connectivity index (χ2v) is 9.17. The lowest BCUT2D eigenvalue weighted by Gasteiger charge is -2.30. The third-order valence-electron chi connectivity index (χ3n) is 4.69. The smallest absolute Gasteiger partial charge is 0.315 e. The van der Waals surface area contributed by atoms with E-state index in [1.165, 1.54) is 12.8 Å². The maximum atomic E-state index is 12.2. The third-order valence-corrected chi connectivity index (χ3v) is 7.60. The molecule has 2 aliphatic rings. The SMILES string of the molecule is CC[S@](=O)[C@@H]1CCC[C@H](NC(=O)N[C@H]2CCC[C@H]2SC)C1. The lowest BCUT2D eigenvalue weighted by atomic mass is 9.95. The van der Waals surface area contributed by atoms with E-state index in [1.807, 2.05) is 18.7 Å². The van der Waals surface area contributed by atoms with Gasteiger partial charge in [-0.25, -0.2) is 4.79 Å². The van der Waals surface area contributed by atoms with Crippen LogP contribution in [0.2, 0.25) is 0 Å². The highest BCUT2D eigenvalue weighted by atomic mass is 32.2. The Bertz CT molecular complexity index is 379. The molecule has 2 fully saturated rings. The molecule has 5 atom stereocenters. The summed E-state index contributed by atoms with van der Waals surface area (Å²) in [6.45, 7) is 1.97. The van der Waals surface area contributed by atoms with Gasteiger partial charge in [-0.3, -0.25) is 4.21 Å². The van der Waals surface area contributed by atoms with E-state index in [-0.39, 0.29) is 17.3 Å². The number of amides is 2. The van der Waals surface area contributed by atoms with Crippen LogP contribution >= 0.6 is 11.8 Å². The molecule has 4 nitrogen and oxygen atoms in total. The maximum Gasteiger partial charge on any atom is 0.315 e. The quantitative estimate of drug-likeness (QED) is 0.814. The molecule has 6 heteroatoms. The Morgan fingerprint density at radius 2 is 1.95 bits per heavy atom. The molecule has 0 unspecified atom stereocenters. The first-order chi connectivity index (χ1) is 10.1. The fraction of sp³-hybridized carbons (Fsp3) is 0.933. The standard InChI is InChI=1S/C15H28N2O2S2/c1-3-21(19)12-7-4-6-11(10-12)16-15(18)17-13-8-5-9-14(13)20-2/h11-14H,3-10H2,1-2H3,(H2,16,17,18)/t11-,12+,13-,14+,21-/m0/s1. The van der Waals surface area contributed by atoms with Crippen LogP contribution in [0.25, 0.3) is 0 Å². The van der Waals surface area contributed by atoms with Crippen molar-refractivity contribution < 1.29 is 9.00 Å². The molecule has 2 saturated carbocycles. The van der Waals surface area contributed by atoms with Crippen molar-refractivity contribution in [2.45, 2.75) is 74.5 Å². The van der Waals surface area contributed by atoms with Crippen LogP contribution in [0.3, 0.4) is 0 Å². The number of hydrogen-bond acceptors (Lipinski definition) is 3. The van der Waals surface area contributed by atoms with Crippen LogP contribution in [0.15, 0.2) is 0 Å². The zero-order valence-electron chi connectivity index (χ0n) is 13.1. The van der Waals surface area contributed by atoms with Gasteiger partial charge in [0, 0.05) is 39.1 Å². The van der Waals surface area contributed by atoms with Crippen molar-refractivity contribution in [3.63, 3.8) is 0 Å². The van der Waals surface area contributed by atoms with Gasteiger partial charge in [0.2, 0.25) is 0 Å². The van der Waals surface area contributed by atoms with Gasteiger partial charge in [-0.2, -0.15) is 11.8 Å². The summed E-state index contributed by atoms with van der Waals surface area (Å²) in [5.74, 6) is 0.723. The van der Waals surface area contributed by atoms with Crippen molar-refractivity contribution in [3.8, 4) is 0 Å². The second-order valence-electron chi connectivity index (χ2n) is 6.08. The zero-order chi connectivity index (χ0) is 15.2. The van der Waals surface area contributed by atoms with Gasteiger partial charge in [0.05, 0.1) is 0 Å². The molecular weight excluding hydrogens is 304 g/mol. The summed E-state index contributed by atoms with van der Waals surface area (Å²) < 4.78 is 11.9. The predicted octanol–water partition coefficient (Wildman–Crippen LogP) is 2.65. The van der Waals surface area contributed by atoms with E-state index >= 15 is 0 Å². The Morgan fingerprint density at radius 1 is 1.19 bits per heavy atom. The summed E-state index contributed by atoms with van der Waals surface area (Å²) in [5.41, 5.74) is 0. The first kappa shape index (κ1) is 17.1. The van der Waals surface area contributed by atoms with Crippen molar-refractivity contribution in [3.05, 3.63) is 0 Å². The van der Waals surface area contributed by atoms with Crippen molar-refractivity contribution in [1.82, 2.24) is 10.6 Å². The fourth-order valence-corrected chi connectivity index (χ4v) is 5.80. The lowest BCUT2D eigenvalue weighted by Crippen LogP contribution is -2.49. The summed E-state index contributed by atoms with van der Waals surface area (Å²) in [5, 5.41) is 7.07. The number of carbonyl (C=O) groups is 1. The molecule has 2 N–H and O–H groups in total. The first-order valence-corrected chi connectivity index (χ1v) is 10.8. The van der Waals surface area contributed by atoms with E-state index < -0.39 is 10.8 Å². The van der Waals surface area contributed by atoms with E-state index in [1.54, 1.807) is 0 Å². The number of nitrogens with one attached hydrogen (secondary N) is 2. The summed E-state index contributed by atoms with van der Waals surface area (Å²) in [6.07, 6.45) is 9.60. The average molecular weight is 333 g/mol. The molecule has 2 rings (SSSR count). The molecule has 0 aromatic heterocycles. The van der Waals surface area contributed by atoms with Crippen LogP contribution in [-0.2, 0) is 10.8 Å². The molecular formula is C15H28N2O2S2. The van der Waals surface area contributed by atoms with Gasteiger partial charge < -0.3 is 10.6 Å². The molecule has 0 heterocycles. The van der Waals surface area contributed by atoms with E-state index in [0.29, 0.717) is 11.3 Å². The van der Waals surface area contributed by atoms with Crippen molar-refractivity contribution >= 4 is 28.6 Å². The Hall–Kier alpha value is -0.230. The Labute approximate surface area is 135 Å². The Kier molecular flexibility index (Phi) is 6.86. The molecule has 2 amide bonds. The predicted molar refractivity (Wildman–Crippen MR) is 91.3 cm³/mol. The van der Waals surface area contributed by atoms with Crippen molar-refractivity contribution in [1.29, 1.82) is 0 Å². The minimum Gasteiger partial charge on any atom is -0.335 e. The Balaban J connectivity index is 1.78. The monoisotopic (exact) mass is 332 g/mol. The van der Waals surface area contributed by atoms with Crippen LogP contribution in [0.5, 0.6) is 0 Å². The van der Waals surface area contributed by atoms with E-state index in [2.05, 4.69) is 16.9 Å². The highest BCUT2D eigenvalue weighted by Gasteiger charge is 2.30. The minimum atomic E-state index is -0.735. The number of urea groups is 1. The van der Waals surface area contributed by atoms with Crippen LogP contribution in [0.4, 0.5) is 4.79 Å². The van der Waals surface area contributed by atoms with Crippen LogP contribution in [0.1, 0.15) is 51.9 Å². The molecule has 0 aliphatic heterocycles. The molecule has 0 aromatic carbocycles. The number of rotatable bonds is 5. The topological polar surface area (TPSA) is 58.2 Å². The van der Waals surface area contributed by atoms with Gasteiger partial charge in [0.1, 0.15) is 0 Å². The minimum absolute atomic E-state index is 0.0334. The van der Waals surface area contributed by atoms with Crippen molar-refractivity contribution in [2.24, 2.45) is 0 Å². The van der Waals surface area contributed by atoms with E-state index in [0.717, 1.165) is 37.9 Å². The van der Waals surface area contributed by atoms with Crippen LogP contribution in [0, 0.1) is 0 Å². The molecule has 122 valence electrons. The Morgan fingerprint density at radius 3 is 2.67 bits per heavy atom. The molecule has 2 aliphatic carbocycles. The highest BCUT2D eigenvalue weighted by Crippen LogP contribution is 2.28. The van der Waals surface area contributed by atoms with Gasteiger partial charge in [0.25, 0.3) is 0 Å². The second kappa shape index (κ2) is 8.42. The van der Waals surface area contributed by atoms with E-state index in [9.17, 15) is 9.00 Å². The molecule has 0 saturated heterocycles. The third kappa shape index (κ3) is 4.88. The summed E-state index contributed by atoms with van der Waals surface area (Å²) in [6, 6.07) is 0.464. The van der Waals surface area contributed by atoms with Crippen LogP contribution in [-0.4, -0.2) is 44.8 Å². The maximum absolute atomic E-state index is 12.2. The number of carbonyl (C=O) groups excluding carboxylic acids is 1. The van der Waals surface area contributed by atoms with Gasteiger partial charge in [-0.15, -0.1) is 0 Å². The largest absolute Gasteiger partial charge is 0.335 e. The fourth-order valence-electron chi connectivity index (χ4n) is 3.52. The van der Waals surface area contributed by atoms with Crippen LogP contribution < -0.4 is 10.6 Å². The lowest BCUT2D eigenvalue weighted by molar-refractivity contribution is 0.229. The number of thioether (sulfide) groups is 1. The first-order valence-electron chi connectivity index (χ1n) is 8.11. The van der Waals surface area contributed by atoms with Gasteiger partial charge in [-0.1, -0.05) is 19.8 Å². The summed E-state index contributed by atoms with van der Waals surface area (Å²) >= 11 is 1.85. The van der Waals surface area contributed by atoms with Gasteiger partial charge >= 0.3 is 6.03 Å². The van der Waals surface area contributed by atoms with Gasteiger partial charge in [-0.05, 0) is 38.4 Å². The van der Waals surface area contributed by atoms with Gasteiger partial charge in [0.15, 0.2) is 0 Å². The molecule has 0 spiro atoms. The highest BCUT2D eigenvalue weighted by molar-refractivity contribution is 7.99. The number of hydrogen-bond donors (Lipinski definition) is 2. The van der Waals surface area contributed by atoms with Crippen molar-refractivity contribution in [2.75, 3.05) is 12.0 Å².